The minimum absolute atomic E-state index is 0.435. The summed E-state index contributed by atoms with van der Waals surface area (Å²) in [6.07, 6.45) is 1.46. The molecule has 0 saturated heterocycles. The lowest BCUT2D eigenvalue weighted by Crippen LogP contribution is -2.41. The smallest absolute Gasteiger partial charge is 0.312 e. The van der Waals surface area contributed by atoms with Gasteiger partial charge >= 0.3 is 7.75 Å². The van der Waals surface area contributed by atoms with E-state index in [2.05, 4.69) is 0 Å². The van der Waals surface area contributed by atoms with Gasteiger partial charge in [-0.3, -0.25) is 0 Å². The summed E-state index contributed by atoms with van der Waals surface area (Å²) >= 11 is 0. The van der Waals surface area contributed by atoms with Crippen LogP contribution in [0.25, 0.3) is 0 Å². The standard InChI is InChI=1S/C8H20NO3P/c1-5-7-9(13(10,11)12)8(3,4)6-2/h5-7H2,1-4H3,(H2,10,11,12). The predicted molar refractivity (Wildman–Crippen MR) is 53.4 cm³/mol. The minimum atomic E-state index is -4.10. The molecule has 0 aliphatic rings. The van der Waals surface area contributed by atoms with E-state index in [0.29, 0.717) is 6.54 Å². The van der Waals surface area contributed by atoms with Gasteiger partial charge in [0.25, 0.3) is 0 Å². The lowest BCUT2D eigenvalue weighted by molar-refractivity contribution is 0.163. The molecular weight excluding hydrogens is 189 g/mol. The largest absolute Gasteiger partial charge is 0.403 e. The summed E-state index contributed by atoms with van der Waals surface area (Å²) in [4.78, 5) is 18.2. The molecule has 4 nitrogen and oxygen atoms in total. The second-order valence-corrected chi connectivity index (χ2v) is 5.31. The van der Waals surface area contributed by atoms with Crippen molar-refractivity contribution in [3.63, 3.8) is 0 Å². The van der Waals surface area contributed by atoms with Crippen LogP contribution in [0.5, 0.6) is 0 Å². The molecular formula is C8H20NO3P. The van der Waals surface area contributed by atoms with Crippen LogP contribution in [0.4, 0.5) is 0 Å². The molecule has 0 aliphatic carbocycles. The zero-order valence-electron chi connectivity index (χ0n) is 8.82. The van der Waals surface area contributed by atoms with Crippen molar-refractivity contribution in [2.24, 2.45) is 0 Å². The summed E-state index contributed by atoms with van der Waals surface area (Å²) in [6.45, 7) is 7.97. The van der Waals surface area contributed by atoms with Gasteiger partial charge in [-0.1, -0.05) is 13.8 Å². The molecule has 0 aliphatic heterocycles. The van der Waals surface area contributed by atoms with Crippen molar-refractivity contribution in [3.05, 3.63) is 0 Å². The highest BCUT2D eigenvalue weighted by atomic mass is 31.2. The van der Waals surface area contributed by atoms with E-state index in [1.165, 1.54) is 4.67 Å². The molecule has 0 bridgehead atoms. The van der Waals surface area contributed by atoms with Crippen molar-refractivity contribution < 1.29 is 14.4 Å². The van der Waals surface area contributed by atoms with Crippen LogP contribution in [-0.4, -0.2) is 26.5 Å². The quantitative estimate of drug-likeness (QED) is 0.680. The van der Waals surface area contributed by atoms with Gasteiger partial charge in [-0.15, -0.1) is 0 Å². The molecule has 0 spiro atoms. The maximum absolute atomic E-state index is 11.1. The highest BCUT2D eigenvalue weighted by Crippen LogP contribution is 2.46. The lowest BCUT2D eigenvalue weighted by Gasteiger charge is -2.37. The van der Waals surface area contributed by atoms with Gasteiger partial charge in [0.2, 0.25) is 0 Å². The van der Waals surface area contributed by atoms with Crippen molar-refractivity contribution in [3.8, 4) is 0 Å². The second kappa shape index (κ2) is 4.56. The molecule has 80 valence electrons. The molecule has 0 heterocycles. The normalized spacial score (nSPS) is 13.8. The Bertz CT molecular complexity index is 200. The molecule has 0 unspecified atom stereocenters. The van der Waals surface area contributed by atoms with E-state index >= 15 is 0 Å². The van der Waals surface area contributed by atoms with Gasteiger partial charge in [0.05, 0.1) is 0 Å². The Balaban J connectivity index is 4.71. The Kier molecular flexibility index (Phi) is 4.60. The molecule has 0 radical (unpaired) electrons. The summed E-state index contributed by atoms with van der Waals surface area (Å²) in [7, 11) is -4.10. The van der Waals surface area contributed by atoms with Gasteiger partial charge in [-0.2, -0.15) is 0 Å². The second-order valence-electron chi connectivity index (χ2n) is 3.80. The van der Waals surface area contributed by atoms with E-state index in [0.717, 1.165) is 12.8 Å². The van der Waals surface area contributed by atoms with Crippen LogP contribution in [0, 0.1) is 0 Å². The van der Waals surface area contributed by atoms with Gasteiger partial charge in [-0.05, 0) is 26.7 Å². The molecule has 0 rings (SSSR count). The molecule has 2 N–H and O–H groups in total. The topological polar surface area (TPSA) is 60.8 Å². The highest BCUT2D eigenvalue weighted by molar-refractivity contribution is 7.49. The monoisotopic (exact) mass is 209 g/mol. The van der Waals surface area contributed by atoms with E-state index < -0.39 is 13.3 Å². The fraction of sp³-hybridized carbons (Fsp3) is 1.00. The predicted octanol–water partition coefficient (Wildman–Crippen LogP) is 1.98. The SMILES string of the molecule is CCCN(C(C)(C)CC)P(=O)(O)O. The third kappa shape index (κ3) is 3.77. The van der Waals surface area contributed by atoms with Gasteiger partial charge in [0.1, 0.15) is 0 Å². The average Bonchev–Trinajstić information content (AvgIpc) is 1.98. The van der Waals surface area contributed by atoms with Gasteiger partial charge in [0, 0.05) is 12.1 Å². The zero-order valence-corrected chi connectivity index (χ0v) is 9.71. The number of rotatable bonds is 5. The van der Waals surface area contributed by atoms with Gasteiger partial charge < -0.3 is 9.79 Å². The van der Waals surface area contributed by atoms with Crippen LogP contribution in [0.2, 0.25) is 0 Å². The van der Waals surface area contributed by atoms with E-state index in [9.17, 15) is 4.57 Å². The fourth-order valence-corrected chi connectivity index (χ4v) is 2.49. The first-order valence-corrected chi connectivity index (χ1v) is 6.16. The molecule has 0 saturated carbocycles. The van der Waals surface area contributed by atoms with Crippen LogP contribution in [-0.2, 0) is 4.57 Å². The summed E-state index contributed by atoms with van der Waals surface area (Å²) in [5.41, 5.74) is -0.435. The van der Waals surface area contributed by atoms with Crippen molar-refractivity contribution in [1.82, 2.24) is 4.67 Å². The number of nitrogens with zero attached hydrogens (tertiary/aromatic N) is 1. The van der Waals surface area contributed by atoms with Crippen LogP contribution in [0.1, 0.15) is 40.5 Å². The van der Waals surface area contributed by atoms with Crippen molar-refractivity contribution >= 4 is 7.75 Å². The van der Waals surface area contributed by atoms with Crippen molar-refractivity contribution in [1.29, 1.82) is 0 Å². The summed E-state index contributed by atoms with van der Waals surface area (Å²) in [5, 5.41) is 0. The molecule has 0 aromatic carbocycles. The first-order valence-electron chi connectivity index (χ1n) is 4.59. The number of hydrogen-bond acceptors (Lipinski definition) is 1. The molecule has 13 heavy (non-hydrogen) atoms. The average molecular weight is 209 g/mol. The Morgan fingerprint density at radius 3 is 2.00 bits per heavy atom. The third-order valence-electron chi connectivity index (χ3n) is 2.31. The van der Waals surface area contributed by atoms with Crippen LogP contribution < -0.4 is 0 Å². The van der Waals surface area contributed by atoms with Gasteiger partial charge in [0.15, 0.2) is 0 Å². The maximum atomic E-state index is 11.1. The Morgan fingerprint density at radius 2 is 1.77 bits per heavy atom. The van der Waals surface area contributed by atoms with E-state index in [4.69, 9.17) is 9.79 Å². The summed E-state index contributed by atoms with van der Waals surface area (Å²) in [6, 6.07) is 0. The van der Waals surface area contributed by atoms with E-state index in [-0.39, 0.29) is 0 Å². The molecule has 0 atom stereocenters. The van der Waals surface area contributed by atoms with Crippen LogP contribution in [0.15, 0.2) is 0 Å². The molecule has 0 aromatic rings. The molecule has 0 amide bonds. The third-order valence-corrected chi connectivity index (χ3v) is 3.68. The van der Waals surface area contributed by atoms with Crippen molar-refractivity contribution in [2.45, 2.75) is 46.1 Å². The summed E-state index contributed by atoms with van der Waals surface area (Å²) < 4.78 is 12.4. The Morgan fingerprint density at radius 1 is 1.31 bits per heavy atom. The summed E-state index contributed by atoms with van der Waals surface area (Å²) in [5.74, 6) is 0. The van der Waals surface area contributed by atoms with E-state index in [1.54, 1.807) is 0 Å². The molecule has 0 fully saturated rings. The minimum Gasteiger partial charge on any atom is -0.312 e. The Labute approximate surface area is 80.2 Å². The maximum Gasteiger partial charge on any atom is 0.403 e. The zero-order chi connectivity index (χ0) is 10.7. The van der Waals surface area contributed by atoms with Crippen molar-refractivity contribution in [2.75, 3.05) is 6.54 Å². The van der Waals surface area contributed by atoms with Crippen LogP contribution >= 0.6 is 7.75 Å². The first kappa shape index (κ1) is 13.1. The number of hydrogen-bond donors (Lipinski definition) is 2. The van der Waals surface area contributed by atoms with Gasteiger partial charge in [-0.25, -0.2) is 9.24 Å². The fourth-order valence-electron chi connectivity index (χ4n) is 1.18. The highest BCUT2D eigenvalue weighted by Gasteiger charge is 2.36. The van der Waals surface area contributed by atoms with E-state index in [1.807, 2.05) is 27.7 Å². The van der Waals surface area contributed by atoms with Crippen LogP contribution in [0.3, 0.4) is 0 Å². The Hall–Kier alpha value is 0.110. The first-order chi connectivity index (χ1) is 5.75. The lowest BCUT2D eigenvalue weighted by atomic mass is 10.0. The molecule has 5 heteroatoms. The molecule has 0 aromatic heterocycles.